The van der Waals surface area contributed by atoms with E-state index in [0.29, 0.717) is 12.2 Å². The molecule has 3 heteroatoms. The van der Waals surface area contributed by atoms with Crippen molar-refractivity contribution < 1.29 is 9.53 Å². The van der Waals surface area contributed by atoms with E-state index in [1.165, 1.54) is 0 Å². The summed E-state index contributed by atoms with van der Waals surface area (Å²) in [4.78, 5) is 11.5. The largest absolute Gasteiger partial charge is 0.463 e. The Balaban J connectivity index is 2.91. The summed E-state index contributed by atoms with van der Waals surface area (Å²) in [5, 5.41) is 8.89. The molecule has 0 unspecified atom stereocenters. The van der Waals surface area contributed by atoms with Gasteiger partial charge in [-0.05, 0) is 57.3 Å². The molecule has 0 heterocycles. The zero-order valence-corrected chi connectivity index (χ0v) is 11.2. The van der Waals surface area contributed by atoms with E-state index in [1.54, 1.807) is 13.8 Å². The summed E-state index contributed by atoms with van der Waals surface area (Å²) in [6, 6.07) is 2.17. The first-order valence-electron chi connectivity index (χ1n) is 6.24. The number of esters is 1. The minimum absolute atomic E-state index is 0.272. The highest BCUT2D eigenvalue weighted by Gasteiger charge is 2.11. The van der Waals surface area contributed by atoms with Crippen molar-refractivity contribution >= 4 is 5.97 Å². The molecule has 0 aliphatic heterocycles. The molecule has 0 saturated carbocycles. The average molecular weight is 245 g/mol. The Kier molecular flexibility index (Phi) is 5.38. The molecular formula is C15H19NO2. The predicted molar refractivity (Wildman–Crippen MR) is 70.6 cm³/mol. The topological polar surface area (TPSA) is 50.1 Å². The molecule has 0 radical (unpaired) electrons. The van der Waals surface area contributed by atoms with Crippen LogP contribution in [0.4, 0.5) is 0 Å². The van der Waals surface area contributed by atoms with Crippen LogP contribution in [0.1, 0.15) is 40.0 Å². The molecule has 0 aromatic carbocycles. The molecule has 0 aromatic heterocycles. The number of ether oxygens (including phenoxy) is 1. The molecule has 0 bridgehead atoms. The third kappa shape index (κ3) is 3.89. The molecule has 1 aliphatic rings. The van der Waals surface area contributed by atoms with E-state index in [0.717, 1.165) is 36.0 Å². The molecular weight excluding hydrogens is 226 g/mol. The summed E-state index contributed by atoms with van der Waals surface area (Å²) in [7, 11) is 0. The van der Waals surface area contributed by atoms with E-state index in [-0.39, 0.29) is 5.97 Å². The van der Waals surface area contributed by atoms with Crippen LogP contribution < -0.4 is 0 Å². The van der Waals surface area contributed by atoms with Crippen LogP contribution in [-0.2, 0) is 9.53 Å². The fourth-order valence-electron chi connectivity index (χ4n) is 1.91. The number of rotatable bonds is 3. The van der Waals surface area contributed by atoms with Crippen LogP contribution in [0.5, 0.6) is 0 Å². The molecule has 0 spiro atoms. The first-order chi connectivity index (χ1) is 8.58. The van der Waals surface area contributed by atoms with Gasteiger partial charge >= 0.3 is 5.97 Å². The second-order valence-electron chi connectivity index (χ2n) is 4.38. The van der Waals surface area contributed by atoms with Crippen molar-refractivity contribution in [3.05, 3.63) is 34.4 Å². The number of allylic oxidation sites excluding steroid dienone is 5. The SMILES string of the molecule is CCOC(=O)/C(C)=C/C1=CC(=C(\C)C#N)/CCC1. The Morgan fingerprint density at radius 3 is 2.83 bits per heavy atom. The smallest absolute Gasteiger partial charge is 0.333 e. The maximum atomic E-state index is 11.5. The van der Waals surface area contributed by atoms with E-state index in [1.807, 2.05) is 19.1 Å². The Morgan fingerprint density at radius 1 is 1.50 bits per heavy atom. The molecule has 0 aromatic rings. The van der Waals surface area contributed by atoms with Crippen LogP contribution in [0.2, 0.25) is 0 Å². The lowest BCUT2D eigenvalue weighted by atomic mass is 9.91. The van der Waals surface area contributed by atoms with Crippen LogP contribution >= 0.6 is 0 Å². The van der Waals surface area contributed by atoms with Gasteiger partial charge in [0.1, 0.15) is 0 Å². The van der Waals surface area contributed by atoms with Crippen molar-refractivity contribution in [2.75, 3.05) is 6.61 Å². The highest BCUT2D eigenvalue weighted by Crippen LogP contribution is 2.26. The van der Waals surface area contributed by atoms with Crippen molar-refractivity contribution in [1.29, 1.82) is 5.26 Å². The molecule has 0 N–H and O–H groups in total. The quantitative estimate of drug-likeness (QED) is 0.434. The highest BCUT2D eigenvalue weighted by atomic mass is 16.5. The first-order valence-corrected chi connectivity index (χ1v) is 6.24. The number of nitriles is 1. The van der Waals surface area contributed by atoms with Gasteiger partial charge < -0.3 is 4.74 Å². The van der Waals surface area contributed by atoms with Crippen LogP contribution in [0.3, 0.4) is 0 Å². The Labute approximate surface area is 108 Å². The summed E-state index contributed by atoms with van der Waals surface area (Å²) in [5.74, 6) is -0.272. The normalized spacial score (nSPS) is 18.8. The minimum Gasteiger partial charge on any atom is -0.463 e. The zero-order chi connectivity index (χ0) is 13.5. The van der Waals surface area contributed by atoms with E-state index < -0.39 is 0 Å². The van der Waals surface area contributed by atoms with Gasteiger partial charge in [-0.3, -0.25) is 0 Å². The molecule has 1 aliphatic carbocycles. The molecule has 18 heavy (non-hydrogen) atoms. The monoisotopic (exact) mass is 245 g/mol. The molecule has 0 saturated heterocycles. The lowest BCUT2D eigenvalue weighted by Crippen LogP contribution is -2.06. The van der Waals surface area contributed by atoms with Crippen LogP contribution in [0, 0.1) is 11.3 Å². The van der Waals surface area contributed by atoms with Gasteiger partial charge in [-0.25, -0.2) is 4.79 Å². The average Bonchev–Trinajstić information content (AvgIpc) is 2.38. The van der Waals surface area contributed by atoms with Gasteiger partial charge in [-0.1, -0.05) is 6.08 Å². The maximum Gasteiger partial charge on any atom is 0.333 e. The number of nitrogens with zero attached hydrogens (tertiary/aromatic N) is 1. The Hall–Kier alpha value is -1.82. The standard InChI is InChI=1S/C15H19NO2/c1-4-18-15(17)11(2)8-13-6-5-7-14(9-13)12(3)10-16/h8-9H,4-7H2,1-3H3/b11-8+,14-12+. The Bertz CT molecular complexity index is 461. The number of hydrogen-bond acceptors (Lipinski definition) is 3. The van der Waals surface area contributed by atoms with Gasteiger partial charge in [0, 0.05) is 11.1 Å². The molecule has 0 amide bonds. The third-order valence-corrected chi connectivity index (χ3v) is 2.92. The van der Waals surface area contributed by atoms with E-state index in [9.17, 15) is 4.79 Å². The second-order valence-corrected chi connectivity index (χ2v) is 4.38. The molecule has 0 atom stereocenters. The Morgan fingerprint density at radius 2 is 2.22 bits per heavy atom. The van der Waals surface area contributed by atoms with Gasteiger partial charge in [-0.15, -0.1) is 0 Å². The van der Waals surface area contributed by atoms with Crippen molar-refractivity contribution in [3.8, 4) is 6.07 Å². The van der Waals surface area contributed by atoms with Crippen molar-refractivity contribution in [1.82, 2.24) is 0 Å². The molecule has 96 valence electrons. The fraction of sp³-hybridized carbons (Fsp3) is 0.467. The molecule has 0 fully saturated rings. The third-order valence-electron chi connectivity index (χ3n) is 2.92. The molecule has 1 rings (SSSR count). The van der Waals surface area contributed by atoms with Gasteiger partial charge in [-0.2, -0.15) is 5.26 Å². The van der Waals surface area contributed by atoms with Crippen molar-refractivity contribution in [2.45, 2.75) is 40.0 Å². The fourth-order valence-corrected chi connectivity index (χ4v) is 1.91. The van der Waals surface area contributed by atoms with Crippen LogP contribution in [-0.4, -0.2) is 12.6 Å². The van der Waals surface area contributed by atoms with Gasteiger partial charge in [0.2, 0.25) is 0 Å². The summed E-state index contributed by atoms with van der Waals surface area (Å²) >= 11 is 0. The number of carbonyl (C=O) groups is 1. The predicted octanol–water partition coefficient (Wildman–Crippen LogP) is 3.45. The minimum atomic E-state index is -0.272. The zero-order valence-electron chi connectivity index (χ0n) is 11.2. The first kappa shape index (κ1) is 14.2. The number of carbonyl (C=O) groups excluding carboxylic acids is 1. The number of hydrogen-bond donors (Lipinski definition) is 0. The second kappa shape index (κ2) is 6.80. The summed E-state index contributed by atoms with van der Waals surface area (Å²) in [5.41, 5.74) is 3.54. The van der Waals surface area contributed by atoms with Gasteiger partial charge in [0.15, 0.2) is 0 Å². The summed E-state index contributed by atoms with van der Waals surface area (Å²) in [6.07, 6.45) is 6.79. The van der Waals surface area contributed by atoms with Crippen LogP contribution in [0.25, 0.3) is 0 Å². The van der Waals surface area contributed by atoms with E-state index >= 15 is 0 Å². The van der Waals surface area contributed by atoms with E-state index in [4.69, 9.17) is 10.00 Å². The summed E-state index contributed by atoms with van der Waals surface area (Å²) in [6.45, 7) is 5.77. The highest BCUT2D eigenvalue weighted by molar-refractivity contribution is 5.88. The van der Waals surface area contributed by atoms with Crippen LogP contribution in [0.15, 0.2) is 34.4 Å². The maximum absolute atomic E-state index is 11.5. The lowest BCUT2D eigenvalue weighted by molar-refractivity contribution is -0.138. The lowest BCUT2D eigenvalue weighted by Gasteiger charge is -2.14. The van der Waals surface area contributed by atoms with Crippen molar-refractivity contribution in [2.24, 2.45) is 0 Å². The van der Waals surface area contributed by atoms with Crippen molar-refractivity contribution in [3.63, 3.8) is 0 Å². The van der Waals surface area contributed by atoms with Gasteiger partial charge in [0.05, 0.1) is 12.7 Å². The molecule has 3 nitrogen and oxygen atoms in total. The van der Waals surface area contributed by atoms with E-state index in [2.05, 4.69) is 6.07 Å². The summed E-state index contributed by atoms with van der Waals surface area (Å²) < 4.78 is 4.94. The van der Waals surface area contributed by atoms with Gasteiger partial charge in [0.25, 0.3) is 0 Å².